The fourth-order valence-corrected chi connectivity index (χ4v) is 2.93. The van der Waals surface area contributed by atoms with Crippen LogP contribution in [0.1, 0.15) is 43.4 Å². The van der Waals surface area contributed by atoms with Gasteiger partial charge in [-0.15, -0.1) is 0 Å². The maximum atomic E-state index is 11.9. The molecule has 1 atom stereocenters. The molecular formula is C16H23N3OS. The summed E-state index contributed by atoms with van der Waals surface area (Å²) in [5.41, 5.74) is 3.25. The number of aryl methyl sites for hydroxylation is 2. The Bertz CT molecular complexity index is 605. The van der Waals surface area contributed by atoms with Gasteiger partial charge in [-0.2, -0.15) is 0 Å². The number of thioether (sulfide) groups is 1. The van der Waals surface area contributed by atoms with Crippen molar-refractivity contribution in [3.63, 3.8) is 0 Å². The van der Waals surface area contributed by atoms with E-state index in [1.165, 1.54) is 5.57 Å². The maximum absolute atomic E-state index is 11.9. The number of pyridine rings is 1. The highest BCUT2D eigenvalue weighted by molar-refractivity contribution is 8.13. The van der Waals surface area contributed by atoms with Crippen LogP contribution in [0.2, 0.25) is 0 Å². The number of aliphatic imine (C=N–C) groups is 1. The van der Waals surface area contributed by atoms with Gasteiger partial charge in [0.25, 0.3) is 5.56 Å². The van der Waals surface area contributed by atoms with Gasteiger partial charge in [0.2, 0.25) is 0 Å². The third kappa shape index (κ3) is 3.59. The van der Waals surface area contributed by atoms with Crippen molar-refractivity contribution in [3.05, 3.63) is 45.5 Å². The molecule has 4 nitrogen and oxygen atoms in total. The van der Waals surface area contributed by atoms with Gasteiger partial charge in [0.15, 0.2) is 5.17 Å². The average molecular weight is 305 g/mol. The second-order valence-corrected chi connectivity index (χ2v) is 6.19. The lowest BCUT2D eigenvalue weighted by atomic mass is 9.95. The van der Waals surface area contributed by atoms with Crippen LogP contribution in [-0.2, 0) is 7.05 Å². The molecule has 1 aliphatic heterocycles. The van der Waals surface area contributed by atoms with Crippen LogP contribution in [0.15, 0.2) is 33.8 Å². The minimum Gasteiger partial charge on any atom is -0.354 e. The molecule has 0 spiro atoms. The quantitative estimate of drug-likeness (QED) is 0.929. The summed E-state index contributed by atoms with van der Waals surface area (Å²) in [6, 6.07) is 2.10. The summed E-state index contributed by atoms with van der Waals surface area (Å²) in [6.45, 7) is 4.06. The van der Waals surface area contributed by atoms with Gasteiger partial charge in [0.05, 0.1) is 6.04 Å². The Morgan fingerprint density at radius 1 is 1.48 bits per heavy atom. The van der Waals surface area contributed by atoms with Gasteiger partial charge in [-0.05, 0) is 43.2 Å². The van der Waals surface area contributed by atoms with Gasteiger partial charge in [-0.3, -0.25) is 4.79 Å². The zero-order valence-corrected chi connectivity index (χ0v) is 14.0. The van der Waals surface area contributed by atoms with E-state index < -0.39 is 0 Å². The van der Waals surface area contributed by atoms with E-state index in [1.807, 2.05) is 31.6 Å². The van der Waals surface area contributed by atoms with Gasteiger partial charge >= 0.3 is 0 Å². The van der Waals surface area contributed by atoms with E-state index in [-0.39, 0.29) is 11.6 Å². The standard InChI is InChI=1S/C16H23N3OS/c1-5-6-7-12-9-17-16(21-4)18-14(12)13-8-11(2)15(20)19(3)10-13/h8-10,14H,5-7H2,1-4H3,(H,17,18). The molecule has 0 fully saturated rings. The van der Waals surface area contributed by atoms with E-state index in [0.717, 1.165) is 35.6 Å². The van der Waals surface area contributed by atoms with Crippen LogP contribution in [0.4, 0.5) is 0 Å². The summed E-state index contributed by atoms with van der Waals surface area (Å²) in [5, 5.41) is 4.40. The highest BCUT2D eigenvalue weighted by atomic mass is 32.2. The second-order valence-electron chi connectivity index (χ2n) is 5.40. The van der Waals surface area contributed by atoms with Crippen LogP contribution in [0.3, 0.4) is 0 Å². The molecule has 1 aromatic rings. The molecule has 21 heavy (non-hydrogen) atoms. The van der Waals surface area contributed by atoms with E-state index in [4.69, 9.17) is 0 Å². The fourth-order valence-electron chi connectivity index (χ4n) is 2.54. The molecule has 1 aromatic heterocycles. The number of unbranched alkanes of at least 4 members (excludes halogenated alkanes) is 1. The van der Waals surface area contributed by atoms with Crippen LogP contribution in [0.25, 0.3) is 0 Å². The number of amidine groups is 1. The van der Waals surface area contributed by atoms with Crippen molar-refractivity contribution in [2.24, 2.45) is 12.0 Å². The third-order valence-corrected chi connectivity index (χ3v) is 4.33. The number of hydrogen-bond acceptors (Lipinski definition) is 4. The third-order valence-electron chi connectivity index (χ3n) is 3.72. The summed E-state index contributed by atoms with van der Waals surface area (Å²) < 4.78 is 1.66. The van der Waals surface area contributed by atoms with E-state index >= 15 is 0 Å². The minimum absolute atomic E-state index is 0.0624. The predicted molar refractivity (Wildman–Crippen MR) is 90.9 cm³/mol. The van der Waals surface area contributed by atoms with Gasteiger partial charge in [0, 0.05) is 25.0 Å². The van der Waals surface area contributed by atoms with Crippen LogP contribution >= 0.6 is 11.8 Å². The maximum Gasteiger partial charge on any atom is 0.253 e. The predicted octanol–water partition coefficient (Wildman–Crippen LogP) is 3.13. The Balaban J connectivity index is 2.37. The molecular weight excluding hydrogens is 282 g/mol. The highest BCUT2D eigenvalue weighted by Gasteiger charge is 2.22. The molecule has 1 aliphatic rings. The molecule has 0 aliphatic carbocycles. The lowest BCUT2D eigenvalue weighted by Crippen LogP contribution is -2.31. The summed E-state index contributed by atoms with van der Waals surface area (Å²) in [6.07, 6.45) is 9.27. The molecule has 1 N–H and O–H groups in total. The molecule has 1 unspecified atom stereocenters. The molecule has 114 valence electrons. The molecule has 0 amide bonds. The topological polar surface area (TPSA) is 46.4 Å². The first-order valence-corrected chi connectivity index (χ1v) is 8.53. The normalized spacial score (nSPS) is 18.0. The number of rotatable bonds is 4. The lowest BCUT2D eigenvalue weighted by Gasteiger charge is -2.27. The van der Waals surface area contributed by atoms with Crippen LogP contribution in [-0.4, -0.2) is 16.0 Å². The van der Waals surface area contributed by atoms with Crippen molar-refractivity contribution < 1.29 is 0 Å². The van der Waals surface area contributed by atoms with Crippen molar-refractivity contribution in [3.8, 4) is 0 Å². The monoisotopic (exact) mass is 305 g/mol. The number of nitrogens with zero attached hydrogens (tertiary/aromatic N) is 2. The Kier molecular flexibility index (Phi) is 5.28. The molecule has 5 heteroatoms. The number of nitrogens with one attached hydrogen (secondary N) is 1. The first-order valence-electron chi connectivity index (χ1n) is 7.31. The molecule has 2 rings (SSSR count). The van der Waals surface area contributed by atoms with Crippen molar-refractivity contribution in [2.75, 3.05) is 6.26 Å². The minimum atomic E-state index is 0.0624. The molecule has 0 saturated carbocycles. The smallest absolute Gasteiger partial charge is 0.253 e. The molecule has 0 saturated heterocycles. The van der Waals surface area contributed by atoms with Crippen LogP contribution in [0, 0.1) is 6.92 Å². The van der Waals surface area contributed by atoms with E-state index in [1.54, 1.807) is 23.4 Å². The molecule has 0 radical (unpaired) electrons. The van der Waals surface area contributed by atoms with Crippen molar-refractivity contribution in [1.29, 1.82) is 0 Å². The molecule has 0 aromatic carbocycles. The van der Waals surface area contributed by atoms with E-state index in [0.29, 0.717) is 0 Å². The summed E-state index contributed by atoms with van der Waals surface area (Å²) in [5.74, 6) is 0. The second kappa shape index (κ2) is 6.98. The average Bonchev–Trinajstić information content (AvgIpc) is 2.50. The van der Waals surface area contributed by atoms with E-state index in [2.05, 4.69) is 17.2 Å². The van der Waals surface area contributed by atoms with Crippen LogP contribution in [0.5, 0.6) is 0 Å². The number of hydrogen-bond donors (Lipinski definition) is 1. The summed E-state index contributed by atoms with van der Waals surface area (Å²) in [4.78, 5) is 16.3. The Labute approximate surface area is 130 Å². The zero-order chi connectivity index (χ0) is 15.4. The summed E-state index contributed by atoms with van der Waals surface area (Å²) >= 11 is 1.61. The first kappa shape index (κ1) is 15.9. The Morgan fingerprint density at radius 2 is 2.24 bits per heavy atom. The van der Waals surface area contributed by atoms with Crippen LogP contribution < -0.4 is 10.9 Å². The van der Waals surface area contributed by atoms with E-state index in [9.17, 15) is 4.79 Å². The largest absolute Gasteiger partial charge is 0.354 e. The molecule has 0 bridgehead atoms. The first-order chi connectivity index (χ1) is 10.1. The van der Waals surface area contributed by atoms with Gasteiger partial charge < -0.3 is 9.88 Å². The van der Waals surface area contributed by atoms with Crippen molar-refractivity contribution in [2.45, 2.75) is 39.2 Å². The zero-order valence-electron chi connectivity index (χ0n) is 13.1. The van der Waals surface area contributed by atoms with Crippen molar-refractivity contribution >= 4 is 16.9 Å². The van der Waals surface area contributed by atoms with Gasteiger partial charge in [-0.25, -0.2) is 4.99 Å². The lowest BCUT2D eigenvalue weighted by molar-refractivity contribution is 0.652. The Morgan fingerprint density at radius 3 is 2.86 bits per heavy atom. The van der Waals surface area contributed by atoms with Gasteiger partial charge in [-0.1, -0.05) is 25.1 Å². The summed E-state index contributed by atoms with van der Waals surface area (Å²) in [7, 11) is 1.81. The van der Waals surface area contributed by atoms with Gasteiger partial charge in [0.1, 0.15) is 0 Å². The Hall–Kier alpha value is -1.49. The highest BCUT2D eigenvalue weighted by Crippen LogP contribution is 2.29. The number of aromatic nitrogens is 1. The fraction of sp³-hybridized carbons (Fsp3) is 0.500. The molecule has 2 heterocycles. The SMILES string of the molecule is CCCCC1=CN=C(SC)NC1c1cc(C)c(=O)n(C)c1. The van der Waals surface area contributed by atoms with Crippen molar-refractivity contribution in [1.82, 2.24) is 9.88 Å².